The third-order valence-electron chi connectivity index (χ3n) is 6.38. The summed E-state index contributed by atoms with van der Waals surface area (Å²) >= 11 is 0. The molecule has 0 saturated carbocycles. The Hall–Kier alpha value is -2.92. The van der Waals surface area contributed by atoms with Crippen LogP contribution < -0.4 is 10.1 Å². The van der Waals surface area contributed by atoms with Gasteiger partial charge in [-0.15, -0.1) is 0 Å². The van der Waals surface area contributed by atoms with E-state index in [2.05, 4.69) is 26.1 Å². The first-order valence-corrected chi connectivity index (χ1v) is 14.1. The van der Waals surface area contributed by atoms with Crippen LogP contribution in [0.1, 0.15) is 32.8 Å². The van der Waals surface area contributed by atoms with Crippen molar-refractivity contribution in [3.05, 3.63) is 72.0 Å². The van der Waals surface area contributed by atoms with Crippen LogP contribution in [-0.4, -0.2) is 63.4 Å². The Morgan fingerprint density at radius 2 is 1.79 bits per heavy atom. The number of nitrogens with one attached hydrogen (secondary N) is 1. The van der Waals surface area contributed by atoms with Crippen molar-refractivity contribution in [3.8, 4) is 5.75 Å². The summed E-state index contributed by atoms with van der Waals surface area (Å²) in [5.41, 5.74) is 0.830. The highest BCUT2D eigenvalue weighted by molar-refractivity contribution is 7.89. The molecule has 208 valence electrons. The first-order chi connectivity index (χ1) is 18.0. The molecule has 0 aromatic heterocycles. The van der Waals surface area contributed by atoms with Crippen LogP contribution in [0.5, 0.6) is 5.75 Å². The topological polar surface area (TPSA) is 114 Å². The highest BCUT2D eigenvalue weighted by Crippen LogP contribution is 2.36. The molecule has 2 atom stereocenters. The van der Waals surface area contributed by atoms with E-state index >= 15 is 0 Å². The second kappa shape index (κ2) is 13.2. The Labute approximate surface area is 225 Å². The van der Waals surface area contributed by atoms with Crippen LogP contribution >= 0.6 is 0 Å². The number of amides is 1. The van der Waals surface area contributed by atoms with Crippen molar-refractivity contribution < 1.29 is 32.5 Å². The number of hydrogen-bond acceptors (Lipinski definition) is 7. The summed E-state index contributed by atoms with van der Waals surface area (Å²) in [4.78, 5) is 13.0. The van der Waals surface area contributed by atoms with E-state index in [4.69, 9.17) is 14.2 Å². The monoisotopic (exact) mass is 546 g/mol. The van der Waals surface area contributed by atoms with Crippen molar-refractivity contribution in [2.45, 2.75) is 44.9 Å². The molecule has 2 aromatic rings. The average molecular weight is 547 g/mol. The second-order valence-corrected chi connectivity index (χ2v) is 12.1. The van der Waals surface area contributed by atoms with Gasteiger partial charge in [-0.2, -0.15) is 4.31 Å². The lowest BCUT2D eigenvalue weighted by Gasteiger charge is -2.36. The van der Waals surface area contributed by atoms with Gasteiger partial charge in [0.25, 0.3) is 5.91 Å². The summed E-state index contributed by atoms with van der Waals surface area (Å²) in [6.07, 6.45) is 1.64. The van der Waals surface area contributed by atoms with E-state index in [-0.39, 0.29) is 54.2 Å². The fourth-order valence-corrected chi connectivity index (χ4v) is 5.45. The van der Waals surface area contributed by atoms with Crippen LogP contribution in [-0.2, 0) is 30.8 Å². The fourth-order valence-electron chi connectivity index (χ4n) is 4.03. The quantitative estimate of drug-likeness (QED) is 0.420. The van der Waals surface area contributed by atoms with E-state index in [1.807, 2.05) is 36.4 Å². The molecular formula is C28H38N2O7S. The molecular weight excluding hydrogens is 508 g/mol. The largest absolute Gasteiger partial charge is 0.497 e. The number of aliphatic hydroxyl groups is 1. The molecule has 0 fully saturated rings. The molecule has 0 saturated heterocycles. The number of rotatable bonds is 12. The number of nitrogens with zero attached hydrogens (tertiary/aromatic N) is 1. The van der Waals surface area contributed by atoms with E-state index in [0.29, 0.717) is 18.7 Å². The van der Waals surface area contributed by atoms with Gasteiger partial charge in [-0.1, -0.05) is 51.1 Å². The molecule has 1 aliphatic rings. The number of aliphatic hydroxyl groups excluding tert-OH is 1. The van der Waals surface area contributed by atoms with Gasteiger partial charge in [-0.3, -0.25) is 4.79 Å². The molecule has 3 rings (SSSR count). The van der Waals surface area contributed by atoms with Gasteiger partial charge in [0, 0.05) is 26.1 Å². The van der Waals surface area contributed by atoms with E-state index in [1.54, 1.807) is 12.1 Å². The number of sulfonamides is 1. The predicted molar refractivity (Wildman–Crippen MR) is 144 cm³/mol. The summed E-state index contributed by atoms with van der Waals surface area (Å²) in [5, 5.41) is 12.4. The van der Waals surface area contributed by atoms with Gasteiger partial charge < -0.3 is 24.6 Å². The molecule has 9 nitrogen and oxygen atoms in total. The Morgan fingerprint density at radius 1 is 1.11 bits per heavy atom. The Morgan fingerprint density at radius 3 is 2.39 bits per heavy atom. The van der Waals surface area contributed by atoms with Gasteiger partial charge in [-0.05, 0) is 47.2 Å². The number of methoxy groups -OCH3 is 1. The molecule has 0 radical (unpaired) electrons. The van der Waals surface area contributed by atoms with E-state index in [1.165, 1.54) is 23.5 Å². The number of ether oxygens (including phenoxy) is 3. The third-order valence-corrected chi connectivity index (χ3v) is 8.29. The van der Waals surface area contributed by atoms with Gasteiger partial charge in [-0.25, -0.2) is 8.42 Å². The van der Waals surface area contributed by atoms with Crippen molar-refractivity contribution in [3.63, 3.8) is 0 Å². The van der Waals surface area contributed by atoms with E-state index < -0.39 is 16.3 Å². The standard InChI is InChI=1S/C28H38N2O7S/c1-28(2,3)22-18-25(27(32)29-20-21-8-6-5-7-9-21)37-26(19-22)36-17-15-30(14-16-31)38(33,34)24-12-10-23(35-4)11-13-24/h5-13,18,22,26,31H,14-17,19-20H2,1-4H3,(H,29,32)/t22-,26+/m1/s1. The molecule has 0 unspecified atom stereocenters. The number of allylic oxidation sites excluding steroid dienone is 1. The van der Waals surface area contributed by atoms with Crippen LogP contribution in [0.2, 0.25) is 0 Å². The number of carbonyl (C=O) groups is 1. The van der Waals surface area contributed by atoms with Crippen LogP contribution in [0.4, 0.5) is 0 Å². The van der Waals surface area contributed by atoms with Crippen LogP contribution in [0.15, 0.2) is 71.3 Å². The normalized spacial score (nSPS) is 18.0. The van der Waals surface area contributed by atoms with Crippen molar-refractivity contribution >= 4 is 15.9 Å². The van der Waals surface area contributed by atoms with E-state index in [9.17, 15) is 18.3 Å². The van der Waals surface area contributed by atoms with Crippen molar-refractivity contribution in [1.82, 2.24) is 9.62 Å². The number of carbonyl (C=O) groups excluding carboxylic acids is 1. The smallest absolute Gasteiger partial charge is 0.286 e. The highest BCUT2D eigenvalue weighted by Gasteiger charge is 2.34. The Kier molecular flexibility index (Phi) is 10.3. The zero-order valence-corrected chi connectivity index (χ0v) is 23.2. The van der Waals surface area contributed by atoms with Gasteiger partial charge in [0.05, 0.1) is 25.2 Å². The SMILES string of the molecule is COc1ccc(S(=O)(=O)N(CCO)CCO[C@@H]2C[C@H](C(C)(C)C)C=C(C(=O)NCc3ccccc3)O2)cc1. The zero-order valence-electron chi connectivity index (χ0n) is 22.4. The fraction of sp³-hybridized carbons (Fsp3) is 0.464. The van der Waals surface area contributed by atoms with E-state index in [0.717, 1.165) is 5.56 Å². The van der Waals surface area contributed by atoms with Gasteiger partial charge >= 0.3 is 0 Å². The summed E-state index contributed by atoms with van der Waals surface area (Å²) in [7, 11) is -2.36. The molecule has 0 aliphatic carbocycles. The minimum absolute atomic E-state index is 0.00815. The highest BCUT2D eigenvalue weighted by atomic mass is 32.2. The summed E-state index contributed by atoms with van der Waals surface area (Å²) in [6, 6.07) is 15.7. The lowest BCUT2D eigenvalue weighted by molar-refractivity contribution is -0.153. The maximum Gasteiger partial charge on any atom is 0.286 e. The molecule has 10 heteroatoms. The molecule has 0 spiro atoms. The predicted octanol–water partition coefficient (Wildman–Crippen LogP) is 3.30. The zero-order chi connectivity index (χ0) is 27.8. The summed E-state index contributed by atoms with van der Waals surface area (Å²) in [6.45, 7) is 6.23. The van der Waals surface area contributed by atoms with Crippen LogP contribution in [0.25, 0.3) is 0 Å². The number of benzene rings is 2. The van der Waals surface area contributed by atoms with Gasteiger partial charge in [0.2, 0.25) is 16.3 Å². The van der Waals surface area contributed by atoms with Crippen LogP contribution in [0.3, 0.4) is 0 Å². The molecule has 38 heavy (non-hydrogen) atoms. The Bertz CT molecular complexity index is 1180. The molecule has 1 amide bonds. The maximum atomic E-state index is 13.1. The minimum atomic E-state index is -3.86. The molecule has 2 N–H and O–H groups in total. The molecule has 0 bridgehead atoms. The first-order valence-electron chi connectivity index (χ1n) is 12.6. The van der Waals surface area contributed by atoms with Crippen molar-refractivity contribution in [2.24, 2.45) is 11.3 Å². The number of hydrogen-bond donors (Lipinski definition) is 2. The average Bonchev–Trinajstić information content (AvgIpc) is 2.91. The molecule has 1 heterocycles. The van der Waals surface area contributed by atoms with Crippen molar-refractivity contribution in [2.75, 3.05) is 33.4 Å². The summed E-state index contributed by atoms with van der Waals surface area (Å²) in [5.74, 6) is 0.409. The minimum Gasteiger partial charge on any atom is -0.497 e. The Balaban J connectivity index is 1.65. The molecule has 2 aromatic carbocycles. The summed E-state index contributed by atoms with van der Waals surface area (Å²) < 4.78 is 44.4. The van der Waals surface area contributed by atoms with Crippen molar-refractivity contribution in [1.29, 1.82) is 0 Å². The van der Waals surface area contributed by atoms with Crippen LogP contribution in [0, 0.1) is 11.3 Å². The maximum absolute atomic E-state index is 13.1. The lowest BCUT2D eigenvalue weighted by atomic mass is 9.77. The van der Waals surface area contributed by atoms with Gasteiger partial charge in [0.1, 0.15) is 5.75 Å². The van der Waals surface area contributed by atoms with Gasteiger partial charge in [0.15, 0.2) is 5.76 Å². The lowest BCUT2D eigenvalue weighted by Crippen LogP contribution is -2.39. The second-order valence-electron chi connectivity index (χ2n) is 10.1. The molecule has 1 aliphatic heterocycles. The third kappa shape index (κ3) is 8.04. The first kappa shape index (κ1) is 29.6.